The number of carbonyl (C=O) groups excluding carboxylic acids is 1. The molecule has 2 N–H and O–H groups in total. The van der Waals surface area contributed by atoms with Crippen molar-refractivity contribution < 1.29 is 14.7 Å². The second-order valence-corrected chi connectivity index (χ2v) is 5.96. The molecule has 1 aliphatic carbocycles. The van der Waals surface area contributed by atoms with Gasteiger partial charge in [0.25, 0.3) is 0 Å². The zero-order chi connectivity index (χ0) is 13.8. The second-order valence-electron chi connectivity index (χ2n) is 5.96. The van der Waals surface area contributed by atoms with Crippen molar-refractivity contribution in [2.75, 3.05) is 19.6 Å². The Bertz CT molecular complexity index is 334. The highest BCUT2D eigenvalue weighted by Crippen LogP contribution is 2.27. The van der Waals surface area contributed by atoms with Crippen LogP contribution in [-0.4, -0.2) is 41.6 Å². The van der Waals surface area contributed by atoms with Crippen LogP contribution in [0.5, 0.6) is 0 Å². The summed E-state index contributed by atoms with van der Waals surface area (Å²) in [5.41, 5.74) is 0. The molecule has 2 fully saturated rings. The van der Waals surface area contributed by atoms with E-state index in [9.17, 15) is 9.59 Å². The van der Waals surface area contributed by atoms with E-state index >= 15 is 0 Å². The van der Waals surface area contributed by atoms with E-state index < -0.39 is 5.97 Å². The third-order valence-corrected chi connectivity index (χ3v) is 4.60. The quantitative estimate of drug-likeness (QED) is 0.800. The van der Waals surface area contributed by atoms with Crippen LogP contribution in [0.25, 0.3) is 0 Å². The van der Waals surface area contributed by atoms with Gasteiger partial charge in [0.05, 0.1) is 5.92 Å². The molecule has 0 aromatic rings. The molecule has 1 atom stereocenters. The fraction of sp³-hybridized carbons (Fsp3) is 0.857. The fourth-order valence-corrected chi connectivity index (χ4v) is 2.99. The van der Waals surface area contributed by atoms with Crippen molar-refractivity contribution in [2.24, 2.45) is 17.8 Å². The highest BCUT2D eigenvalue weighted by molar-refractivity contribution is 5.76. The van der Waals surface area contributed by atoms with Crippen LogP contribution >= 0.6 is 0 Å². The topological polar surface area (TPSA) is 69.6 Å². The molecular weight excluding hydrogens is 244 g/mol. The van der Waals surface area contributed by atoms with E-state index in [1.165, 1.54) is 25.7 Å². The average Bonchev–Trinajstić information content (AvgIpc) is 2.79. The number of rotatable bonds is 5. The third kappa shape index (κ3) is 3.61. The predicted octanol–water partition coefficient (Wildman–Crippen LogP) is 1.93. The number of nitrogens with zero attached hydrogens (tertiary/aromatic N) is 1. The zero-order valence-electron chi connectivity index (χ0n) is 11.6. The maximum atomic E-state index is 11.8. The van der Waals surface area contributed by atoms with Crippen LogP contribution in [-0.2, 0) is 4.79 Å². The van der Waals surface area contributed by atoms with Gasteiger partial charge < -0.3 is 15.3 Å². The molecule has 1 saturated heterocycles. The lowest BCUT2D eigenvalue weighted by Gasteiger charge is -2.41. The maximum absolute atomic E-state index is 11.8. The van der Waals surface area contributed by atoms with Gasteiger partial charge in [-0.25, -0.2) is 4.79 Å². The van der Waals surface area contributed by atoms with Crippen LogP contribution in [0.3, 0.4) is 0 Å². The zero-order valence-corrected chi connectivity index (χ0v) is 11.6. The Morgan fingerprint density at radius 2 is 1.95 bits per heavy atom. The summed E-state index contributed by atoms with van der Waals surface area (Å²) in [6, 6.07) is -0.0353. The Morgan fingerprint density at radius 3 is 2.53 bits per heavy atom. The van der Waals surface area contributed by atoms with Crippen LogP contribution in [0.2, 0.25) is 0 Å². The number of hydrogen-bond acceptors (Lipinski definition) is 2. The number of carboxylic acid groups (broad SMARTS) is 1. The van der Waals surface area contributed by atoms with E-state index in [2.05, 4.69) is 5.32 Å². The molecule has 5 heteroatoms. The summed E-state index contributed by atoms with van der Waals surface area (Å²) in [6.07, 6.45) is 6.35. The molecule has 5 nitrogen and oxygen atoms in total. The molecule has 1 heterocycles. The average molecular weight is 268 g/mol. The smallest absolute Gasteiger partial charge is 0.317 e. The summed E-state index contributed by atoms with van der Waals surface area (Å²) < 4.78 is 0. The normalized spacial score (nSPS) is 22.1. The van der Waals surface area contributed by atoms with Gasteiger partial charge in [-0.15, -0.1) is 0 Å². The molecule has 1 saturated carbocycles. The van der Waals surface area contributed by atoms with Gasteiger partial charge in [0.1, 0.15) is 0 Å². The van der Waals surface area contributed by atoms with Crippen molar-refractivity contribution in [3.8, 4) is 0 Å². The van der Waals surface area contributed by atoms with Gasteiger partial charge in [-0.05, 0) is 12.3 Å². The summed E-state index contributed by atoms with van der Waals surface area (Å²) >= 11 is 0. The molecule has 0 bridgehead atoms. The van der Waals surface area contributed by atoms with Crippen molar-refractivity contribution in [1.29, 1.82) is 0 Å². The van der Waals surface area contributed by atoms with Gasteiger partial charge in [0.15, 0.2) is 0 Å². The molecule has 1 aliphatic heterocycles. The number of aliphatic carboxylic acids is 1. The molecule has 2 rings (SSSR count). The number of carbonyl (C=O) groups is 2. The Morgan fingerprint density at radius 1 is 1.32 bits per heavy atom. The minimum Gasteiger partial charge on any atom is -0.481 e. The summed E-state index contributed by atoms with van der Waals surface area (Å²) in [5, 5.41) is 11.8. The third-order valence-electron chi connectivity index (χ3n) is 4.60. The summed E-state index contributed by atoms with van der Waals surface area (Å²) in [5.74, 6) is -0.233. The summed E-state index contributed by atoms with van der Waals surface area (Å²) in [4.78, 5) is 24.3. The van der Waals surface area contributed by atoms with Crippen LogP contribution in [0, 0.1) is 17.8 Å². The molecule has 19 heavy (non-hydrogen) atoms. The predicted molar refractivity (Wildman–Crippen MR) is 71.8 cm³/mol. The lowest BCUT2D eigenvalue weighted by molar-refractivity contribution is -0.144. The van der Waals surface area contributed by atoms with E-state index in [0.717, 1.165) is 18.9 Å². The molecule has 0 spiro atoms. The highest BCUT2D eigenvalue weighted by Gasteiger charge is 2.37. The number of hydrogen-bond donors (Lipinski definition) is 2. The van der Waals surface area contributed by atoms with E-state index in [1.807, 2.05) is 0 Å². The van der Waals surface area contributed by atoms with Gasteiger partial charge in [-0.3, -0.25) is 4.79 Å². The van der Waals surface area contributed by atoms with Gasteiger partial charge in [0.2, 0.25) is 0 Å². The molecule has 1 unspecified atom stereocenters. The number of urea groups is 1. The van der Waals surface area contributed by atoms with Gasteiger partial charge in [-0.2, -0.15) is 0 Å². The first kappa shape index (κ1) is 14.2. The van der Waals surface area contributed by atoms with Crippen molar-refractivity contribution in [3.63, 3.8) is 0 Å². The summed E-state index contributed by atoms with van der Waals surface area (Å²) in [7, 11) is 0. The van der Waals surface area contributed by atoms with E-state index in [0.29, 0.717) is 13.1 Å². The SMILES string of the molecule is CC(C(=O)O)C1CN(C(=O)NCCC2CCCC2)C1. The van der Waals surface area contributed by atoms with Gasteiger partial charge in [0, 0.05) is 25.6 Å². The molecular formula is C14H24N2O3. The monoisotopic (exact) mass is 268 g/mol. The fourth-order valence-electron chi connectivity index (χ4n) is 2.99. The van der Waals surface area contributed by atoms with Crippen molar-refractivity contribution in [2.45, 2.75) is 39.0 Å². The number of nitrogens with one attached hydrogen (secondary N) is 1. The van der Waals surface area contributed by atoms with Crippen molar-refractivity contribution >= 4 is 12.0 Å². The van der Waals surface area contributed by atoms with Gasteiger partial charge in [-0.1, -0.05) is 32.6 Å². The number of amides is 2. The number of likely N-dealkylation sites (tertiary alicyclic amines) is 1. The first-order chi connectivity index (χ1) is 9.08. The molecule has 0 aromatic carbocycles. The molecule has 108 valence electrons. The lowest BCUT2D eigenvalue weighted by atomic mass is 9.87. The van der Waals surface area contributed by atoms with Crippen molar-refractivity contribution in [3.05, 3.63) is 0 Å². The van der Waals surface area contributed by atoms with Gasteiger partial charge >= 0.3 is 12.0 Å². The van der Waals surface area contributed by atoms with E-state index in [1.54, 1.807) is 11.8 Å². The highest BCUT2D eigenvalue weighted by atomic mass is 16.4. The first-order valence-corrected chi connectivity index (χ1v) is 7.33. The van der Waals surface area contributed by atoms with Crippen LogP contribution in [0.4, 0.5) is 4.79 Å². The molecule has 2 aliphatic rings. The van der Waals surface area contributed by atoms with Crippen LogP contribution < -0.4 is 5.32 Å². The molecule has 0 radical (unpaired) electrons. The molecule has 0 aromatic heterocycles. The standard InChI is InChI=1S/C14H24N2O3/c1-10(13(17)18)12-8-16(9-12)14(19)15-7-6-11-4-2-3-5-11/h10-12H,2-9H2,1H3,(H,15,19)(H,17,18). The van der Waals surface area contributed by atoms with E-state index in [-0.39, 0.29) is 17.9 Å². The minimum absolute atomic E-state index is 0.0353. The molecule has 2 amide bonds. The maximum Gasteiger partial charge on any atom is 0.317 e. The Balaban J connectivity index is 1.59. The van der Waals surface area contributed by atoms with Crippen molar-refractivity contribution in [1.82, 2.24) is 10.2 Å². The largest absolute Gasteiger partial charge is 0.481 e. The first-order valence-electron chi connectivity index (χ1n) is 7.33. The Kier molecular flexibility index (Phi) is 4.66. The minimum atomic E-state index is -0.772. The Labute approximate surface area is 114 Å². The van der Waals surface area contributed by atoms with Crippen LogP contribution in [0.15, 0.2) is 0 Å². The Hall–Kier alpha value is -1.26. The second kappa shape index (κ2) is 6.26. The lowest BCUT2D eigenvalue weighted by Crippen LogP contribution is -2.56. The number of carboxylic acids is 1. The van der Waals surface area contributed by atoms with Crippen LogP contribution in [0.1, 0.15) is 39.0 Å². The summed E-state index contributed by atoms with van der Waals surface area (Å²) in [6.45, 7) is 3.60. The van der Waals surface area contributed by atoms with E-state index in [4.69, 9.17) is 5.11 Å².